The van der Waals surface area contributed by atoms with Crippen molar-refractivity contribution in [2.75, 3.05) is 12.0 Å². The van der Waals surface area contributed by atoms with E-state index in [0.29, 0.717) is 16.6 Å². The van der Waals surface area contributed by atoms with Gasteiger partial charge < -0.3 is 9.47 Å². The van der Waals surface area contributed by atoms with Crippen LogP contribution < -0.4 is 9.64 Å². The smallest absolute Gasteiger partial charge is 0.310 e. The maximum absolute atomic E-state index is 12.3. The highest BCUT2D eigenvalue weighted by Gasteiger charge is 2.18. The Kier molecular flexibility index (Phi) is 6.61. The Balaban J connectivity index is 1.65. The number of ether oxygens (including phenoxy) is 2. The van der Waals surface area contributed by atoms with E-state index in [9.17, 15) is 9.59 Å². The Hall–Kier alpha value is -3.19. The van der Waals surface area contributed by atoms with Crippen LogP contribution in [0, 0.1) is 6.92 Å². The normalized spacial score (nSPS) is 10.4. The van der Waals surface area contributed by atoms with Crippen molar-refractivity contribution >= 4 is 34.0 Å². The summed E-state index contributed by atoms with van der Waals surface area (Å²) >= 11 is 1.33. The third kappa shape index (κ3) is 5.20. The molecule has 1 heterocycles. The van der Waals surface area contributed by atoms with E-state index in [1.807, 2.05) is 55.5 Å². The minimum Gasteiger partial charge on any atom is -0.496 e. The van der Waals surface area contributed by atoms with Gasteiger partial charge in [0.15, 0.2) is 5.13 Å². The predicted molar refractivity (Wildman–Crippen MR) is 113 cm³/mol. The monoisotopic (exact) mass is 410 g/mol. The van der Waals surface area contributed by atoms with E-state index < -0.39 is 0 Å². The molecule has 0 bridgehead atoms. The van der Waals surface area contributed by atoms with E-state index in [4.69, 9.17) is 9.47 Å². The summed E-state index contributed by atoms with van der Waals surface area (Å²) in [5.74, 6) is 0.152. The number of amides is 1. The minimum absolute atomic E-state index is 0.0456. The van der Waals surface area contributed by atoms with Gasteiger partial charge in [-0.25, -0.2) is 4.98 Å². The lowest BCUT2D eigenvalue weighted by Gasteiger charge is -2.17. The number of hydrogen-bond donors (Lipinski definition) is 0. The van der Waals surface area contributed by atoms with Gasteiger partial charge in [0.25, 0.3) is 0 Å². The van der Waals surface area contributed by atoms with Gasteiger partial charge in [-0.2, -0.15) is 0 Å². The Morgan fingerprint density at radius 3 is 2.59 bits per heavy atom. The number of carbonyl (C=O) groups excluding carboxylic acids is 2. The molecule has 0 unspecified atom stereocenters. The number of aryl methyl sites for hydroxylation is 1. The maximum atomic E-state index is 12.3. The van der Waals surface area contributed by atoms with Crippen LogP contribution in [0.1, 0.15) is 23.7 Å². The molecule has 29 heavy (non-hydrogen) atoms. The molecule has 3 rings (SSSR count). The second kappa shape index (κ2) is 9.34. The molecule has 3 aromatic rings. The van der Waals surface area contributed by atoms with Crippen LogP contribution in [-0.4, -0.2) is 24.0 Å². The van der Waals surface area contributed by atoms with Gasteiger partial charge in [-0.15, -0.1) is 11.3 Å². The van der Waals surface area contributed by atoms with Gasteiger partial charge in [0.1, 0.15) is 12.4 Å². The second-order valence-electron chi connectivity index (χ2n) is 6.46. The van der Waals surface area contributed by atoms with Gasteiger partial charge in [-0.05, 0) is 25.1 Å². The molecule has 0 aliphatic carbocycles. The van der Waals surface area contributed by atoms with Crippen LogP contribution in [0.25, 0.3) is 0 Å². The minimum atomic E-state index is -0.366. The first-order valence-corrected chi connectivity index (χ1v) is 9.95. The molecule has 0 radical (unpaired) electrons. The maximum Gasteiger partial charge on any atom is 0.310 e. The van der Waals surface area contributed by atoms with Crippen LogP contribution in [0.4, 0.5) is 10.8 Å². The number of hydrogen-bond acceptors (Lipinski definition) is 6. The van der Waals surface area contributed by atoms with Crippen molar-refractivity contribution in [3.8, 4) is 5.75 Å². The topological polar surface area (TPSA) is 68.7 Å². The summed E-state index contributed by atoms with van der Waals surface area (Å²) in [6, 6.07) is 15.0. The molecule has 6 nitrogen and oxygen atoms in total. The lowest BCUT2D eigenvalue weighted by atomic mass is 10.1. The summed E-state index contributed by atoms with van der Waals surface area (Å²) in [5.41, 5.74) is 3.16. The van der Waals surface area contributed by atoms with Crippen LogP contribution in [0.15, 0.2) is 53.9 Å². The third-order valence-electron chi connectivity index (χ3n) is 4.21. The standard InChI is InChI=1S/C22H22N2O4S/c1-15-9-10-20(27-3)17(11-15)12-21(26)28-13-18-14-29-22(23-18)24(16(2)25)19-7-5-4-6-8-19/h4-11,14H,12-13H2,1-3H3. The number of aromatic nitrogens is 1. The first-order valence-electron chi connectivity index (χ1n) is 9.07. The number of thiazole rings is 1. The SMILES string of the molecule is COc1ccc(C)cc1CC(=O)OCc1csc(N(C(C)=O)c2ccccc2)n1. The zero-order valence-electron chi connectivity index (χ0n) is 16.5. The van der Waals surface area contributed by atoms with Gasteiger partial charge >= 0.3 is 5.97 Å². The molecule has 0 spiro atoms. The highest BCUT2D eigenvalue weighted by Crippen LogP contribution is 2.29. The number of methoxy groups -OCH3 is 1. The average Bonchev–Trinajstić information content (AvgIpc) is 3.16. The highest BCUT2D eigenvalue weighted by molar-refractivity contribution is 7.14. The summed E-state index contributed by atoms with van der Waals surface area (Å²) in [4.78, 5) is 30.4. The Morgan fingerprint density at radius 2 is 1.90 bits per heavy atom. The molecular formula is C22H22N2O4S. The van der Waals surface area contributed by atoms with E-state index in [1.54, 1.807) is 12.5 Å². The van der Waals surface area contributed by atoms with E-state index in [0.717, 1.165) is 16.8 Å². The van der Waals surface area contributed by atoms with Crippen molar-refractivity contribution in [2.24, 2.45) is 0 Å². The van der Waals surface area contributed by atoms with Crippen molar-refractivity contribution in [2.45, 2.75) is 26.9 Å². The number of esters is 1. The van der Waals surface area contributed by atoms with Crippen molar-refractivity contribution in [1.29, 1.82) is 0 Å². The highest BCUT2D eigenvalue weighted by atomic mass is 32.1. The van der Waals surface area contributed by atoms with Crippen LogP contribution >= 0.6 is 11.3 Å². The Morgan fingerprint density at radius 1 is 1.14 bits per heavy atom. The number of rotatable bonds is 7. The first kappa shape index (κ1) is 20.5. The number of anilines is 2. The van der Waals surface area contributed by atoms with E-state index in [2.05, 4.69) is 4.98 Å². The molecular weight excluding hydrogens is 388 g/mol. The number of carbonyl (C=O) groups is 2. The number of para-hydroxylation sites is 1. The van der Waals surface area contributed by atoms with E-state index in [1.165, 1.54) is 23.2 Å². The molecule has 0 aliphatic rings. The zero-order valence-corrected chi connectivity index (χ0v) is 17.4. The molecule has 7 heteroatoms. The first-order chi connectivity index (χ1) is 14.0. The summed E-state index contributed by atoms with van der Waals surface area (Å²) < 4.78 is 10.7. The fourth-order valence-electron chi connectivity index (χ4n) is 2.88. The summed E-state index contributed by atoms with van der Waals surface area (Å²) in [5, 5.41) is 2.32. The van der Waals surface area contributed by atoms with Crippen LogP contribution in [0.2, 0.25) is 0 Å². The molecule has 0 atom stereocenters. The fraction of sp³-hybridized carbons (Fsp3) is 0.227. The molecule has 0 fully saturated rings. The van der Waals surface area contributed by atoms with Crippen molar-refractivity contribution in [3.63, 3.8) is 0 Å². The molecule has 1 amide bonds. The Labute approximate surface area is 173 Å². The lowest BCUT2D eigenvalue weighted by Crippen LogP contribution is -2.22. The molecule has 0 N–H and O–H groups in total. The number of nitrogens with zero attached hydrogens (tertiary/aromatic N) is 2. The van der Waals surface area contributed by atoms with Crippen molar-refractivity contribution in [1.82, 2.24) is 4.98 Å². The van der Waals surface area contributed by atoms with Gasteiger partial charge in [-0.1, -0.05) is 35.9 Å². The molecule has 2 aromatic carbocycles. The molecule has 150 valence electrons. The van der Waals surface area contributed by atoms with Crippen LogP contribution in [-0.2, 0) is 27.4 Å². The van der Waals surface area contributed by atoms with Crippen molar-refractivity contribution < 1.29 is 19.1 Å². The van der Waals surface area contributed by atoms with Crippen LogP contribution in [0.3, 0.4) is 0 Å². The molecule has 0 aliphatic heterocycles. The van der Waals surface area contributed by atoms with E-state index >= 15 is 0 Å². The molecule has 0 saturated heterocycles. The Bertz CT molecular complexity index is 1000. The average molecular weight is 410 g/mol. The largest absolute Gasteiger partial charge is 0.496 e. The fourth-order valence-corrected chi connectivity index (χ4v) is 3.75. The summed E-state index contributed by atoms with van der Waals surface area (Å²) in [7, 11) is 1.57. The van der Waals surface area contributed by atoms with E-state index in [-0.39, 0.29) is 24.9 Å². The molecule has 0 saturated carbocycles. The molecule has 1 aromatic heterocycles. The van der Waals surface area contributed by atoms with Crippen LogP contribution in [0.5, 0.6) is 5.75 Å². The third-order valence-corrected chi connectivity index (χ3v) is 5.09. The van der Waals surface area contributed by atoms with Gasteiger partial charge in [-0.3, -0.25) is 14.5 Å². The lowest BCUT2D eigenvalue weighted by molar-refractivity contribution is -0.144. The van der Waals surface area contributed by atoms with Gasteiger partial charge in [0.05, 0.1) is 24.9 Å². The van der Waals surface area contributed by atoms with Gasteiger partial charge in [0, 0.05) is 17.9 Å². The predicted octanol–water partition coefficient (Wildman–Crippen LogP) is 4.43. The summed E-state index contributed by atoms with van der Waals surface area (Å²) in [6.07, 6.45) is 0.117. The quantitative estimate of drug-likeness (QED) is 0.539. The second-order valence-corrected chi connectivity index (χ2v) is 7.30. The number of benzene rings is 2. The summed E-state index contributed by atoms with van der Waals surface area (Å²) in [6.45, 7) is 3.49. The van der Waals surface area contributed by atoms with Crippen molar-refractivity contribution in [3.05, 3.63) is 70.7 Å². The zero-order chi connectivity index (χ0) is 20.8. The van der Waals surface area contributed by atoms with Gasteiger partial charge in [0.2, 0.25) is 5.91 Å².